The van der Waals surface area contributed by atoms with E-state index in [4.69, 9.17) is 4.74 Å². The molecule has 0 bridgehead atoms. The van der Waals surface area contributed by atoms with Crippen molar-refractivity contribution in [3.05, 3.63) is 0 Å². The van der Waals surface area contributed by atoms with Crippen molar-refractivity contribution in [3.8, 4) is 0 Å². The minimum absolute atomic E-state index is 0.140. The van der Waals surface area contributed by atoms with Crippen LogP contribution in [0.25, 0.3) is 0 Å². The molecule has 0 saturated carbocycles. The van der Waals surface area contributed by atoms with Gasteiger partial charge in [-0.2, -0.15) is 11.8 Å². The fraction of sp³-hybridized carbons (Fsp3) is 0.857. The van der Waals surface area contributed by atoms with Gasteiger partial charge in [-0.3, -0.25) is 4.90 Å². The largest absolute Gasteiger partial charge is 0.479 e. The summed E-state index contributed by atoms with van der Waals surface area (Å²) in [4.78, 5) is 25.7. The first-order valence-corrected chi connectivity index (χ1v) is 8.05. The Bertz CT molecular complexity index is 380. The third-order valence-electron chi connectivity index (χ3n) is 3.44. The van der Waals surface area contributed by atoms with Gasteiger partial charge in [0.1, 0.15) is 5.60 Å². The number of carbonyl (C=O) groups is 2. The van der Waals surface area contributed by atoms with Crippen LogP contribution in [-0.2, 0) is 9.53 Å². The number of ether oxygens (including phenoxy) is 1. The van der Waals surface area contributed by atoms with Crippen molar-refractivity contribution < 1.29 is 19.4 Å². The molecule has 1 aliphatic heterocycles. The normalized spacial score (nSPS) is 26.4. The molecule has 1 aliphatic rings. The van der Waals surface area contributed by atoms with Crippen molar-refractivity contribution in [1.29, 1.82) is 0 Å². The molecule has 0 aromatic rings. The summed E-state index contributed by atoms with van der Waals surface area (Å²) >= 11 is 1.59. The van der Waals surface area contributed by atoms with Crippen LogP contribution < -0.4 is 0 Å². The second-order valence-electron chi connectivity index (χ2n) is 6.12. The number of aliphatic carboxylic acids is 1. The number of carbonyl (C=O) groups excluding carboxylic acids is 1. The molecule has 1 rings (SSSR count). The van der Waals surface area contributed by atoms with E-state index in [1.54, 1.807) is 32.5 Å². The summed E-state index contributed by atoms with van der Waals surface area (Å²) in [5.74, 6) is -0.189. The van der Waals surface area contributed by atoms with E-state index < -0.39 is 23.2 Å². The molecule has 2 unspecified atom stereocenters. The van der Waals surface area contributed by atoms with Crippen LogP contribution in [-0.4, -0.2) is 50.8 Å². The molecule has 0 aromatic carbocycles. The van der Waals surface area contributed by atoms with E-state index in [-0.39, 0.29) is 5.25 Å². The molecule has 1 heterocycles. The Morgan fingerprint density at radius 3 is 2.40 bits per heavy atom. The van der Waals surface area contributed by atoms with E-state index >= 15 is 0 Å². The molecule has 2 atom stereocenters. The minimum atomic E-state index is -1.15. The summed E-state index contributed by atoms with van der Waals surface area (Å²) in [5.41, 5.74) is -1.78. The topological polar surface area (TPSA) is 66.8 Å². The maximum atomic E-state index is 12.4. The molecule has 20 heavy (non-hydrogen) atoms. The molecule has 116 valence electrons. The van der Waals surface area contributed by atoms with Gasteiger partial charge in [-0.15, -0.1) is 0 Å². The summed E-state index contributed by atoms with van der Waals surface area (Å²) in [6, 6.07) is 0. The molecule has 6 heteroatoms. The maximum Gasteiger partial charge on any atom is 0.411 e. The van der Waals surface area contributed by atoms with Gasteiger partial charge in [-0.05, 0) is 39.4 Å². The van der Waals surface area contributed by atoms with Crippen LogP contribution in [0.15, 0.2) is 0 Å². The highest BCUT2D eigenvalue weighted by molar-refractivity contribution is 8.00. The van der Waals surface area contributed by atoms with Crippen LogP contribution in [0.3, 0.4) is 0 Å². The molecule has 1 fully saturated rings. The van der Waals surface area contributed by atoms with Crippen LogP contribution in [0.1, 0.15) is 47.5 Å². The van der Waals surface area contributed by atoms with Crippen molar-refractivity contribution in [2.24, 2.45) is 0 Å². The molecule has 0 radical (unpaired) electrons. The van der Waals surface area contributed by atoms with Crippen LogP contribution in [0.4, 0.5) is 4.79 Å². The number of carboxylic acids is 1. The lowest BCUT2D eigenvalue weighted by atomic mass is 9.90. The predicted molar refractivity (Wildman–Crippen MR) is 80.1 cm³/mol. The third-order valence-corrected chi connectivity index (χ3v) is 4.77. The first-order valence-electron chi connectivity index (χ1n) is 7.00. The minimum Gasteiger partial charge on any atom is -0.479 e. The zero-order valence-corrected chi connectivity index (χ0v) is 13.7. The second kappa shape index (κ2) is 6.24. The van der Waals surface area contributed by atoms with Gasteiger partial charge in [0, 0.05) is 11.8 Å². The number of thioether (sulfide) groups is 1. The summed E-state index contributed by atoms with van der Waals surface area (Å²) < 4.78 is 5.40. The Balaban J connectivity index is 3.10. The summed E-state index contributed by atoms with van der Waals surface area (Å²) in [7, 11) is 0. The molecule has 1 amide bonds. The Morgan fingerprint density at radius 1 is 1.45 bits per heavy atom. The third kappa shape index (κ3) is 3.40. The fourth-order valence-corrected chi connectivity index (χ4v) is 3.88. The van der Waals surface area contributed by atoms with Crippen molar-refractivity contribution in [3.63, 3.8) is 0 Å². The molecule has 0 aliphatic carbocycles. The van der Waals surface area contributed by atoms with Crippen LogP contribution in [0, 0.1) is 0 Å². The Hall–Kier alpha value is -0.910. The number of rotatable bonds is 4. The zero-order valence-electron chi connectivity index (χ0n) is 12.9. The van der Waals surface area contributed by atoms with Gasteiger partial charge in [0.05, 0.1) is 0 Å². The molecule has 0 aromatic heterocycles. The highest BCUT2D eigenvalue weighted by atomic mass is 32.2. The summed E-state index contributed by atoms with van der Waals surface area (Å²) in [6.07, 6.45) is 0.634. The average Bonchev–Trinajstić information content (AvgIpc) is 2.66. The lowest BCUT2D eigenvalue weighted by Gasteiger charge is -2.40. The highest BCUT2D eigenvalue weighted by Crippen LogP contribution is 2.41. The standard InChI is InChI=1S/C14H25NO4S/c1-6-8-15(12(18)19-13(3,4)5)14(11(16)17)7-9-20-10(14)2/h10H,6-9H2,1-5H3,(H,16,17). The van der Waals surface area contributed by atoms with Gasteiger partial charge in [0.25, 0.3) is 0 Å². The molecule has 5 nitrogen and oxygen atoms in total. The molecule has 1 N–H and O–H groups in total. The maximum absolute atomic E-state index is 12.4. The summed E-state index contributed by atoms with van der Waals surface area (Å²) in [5, 5.41) is 9.58. The Labute approximate surface area is 125 Å². The SMILES string of the molecule is CCCN(C(=O)OC(C)(C)C)C1(C(=O)O)CCSC1C. The quantitative estimate of drug-likeness (QED) is 0.865. The van der Waals surface area contributed by atoms with Crippen LogP contribution >= 0.6 is 11.8 Å². The van der Waals surface area contributed by atoms with Crippen LogP contribution in [0.5, 0.6) is 0 Å². The van der Waals surface area contributed by atoms with Crippen molar-refractivity contribution in [2.75, 3.05) is 12.3 Å². The molecular formula is C14H25NO4S. The first-order chi connectivity index (χ1) is 9.15. The lowest BCUT2D eigenvalue weighted by molar-refractivity contribution is -0.151. The summed E-state index contributed by atoms with van der Waals surface area (Å²) in [6.45, 7) is 9.56. The number of nitrogens with zero attached hydrogens (tertiary/aromatic N) is 1. The Morgan fingerprint density at radius 2 is 2.05 bits per heavy atom. The second-order valence-corrected chi connectivity index (χ2v) is 7.57. The molecule has 1 saturated heterocycles. The Kier molecular flexibility index (Phi) is 5.35. The van der Waals surface area contributed by atoms with Crippen molar-refractivity contribution in [2.45, 2.75) is 63.9 Å². The van der Waals surface area contributed by atoms with Crippen LogP contribution in [0.2, 0.25) is 0 Å². The lowest BCUT2D eigenvalue weighted by Crippen LogP contribution is -2.61. The van der Waals surface area contributed by atoms with E-state index in [0.29, 0.717) is 19.4 Å². The fourth-order valence-electron chi connectivity index (χ4n) is 2.48. The molecular weight excluding hydrogens is 278 g/mol. The van der Waals surface area contributed by atoms with Gasteiger partial charge in [0.15, 0.2) is 5.54 Å². The first kappa shape index (κ1) is 17.1. The van der Waals surface area contributed by atoms with E-state index in [9.17, 15) is 14.7 Å². The van der Waals surface area contributed by atoms with Crippen molar-refractivity contribution in [1.82, 2.24) is 4.90 Å². The smallest absolute Gasteiger partial charge is 0.411 e. The van der Waals surface area contributed by atoms with Gasteiger partial charge >= 0.3 is 12.1 Å². The van der Waals surface area contributed by atoms with E-state index in [0.717, 1.165) is 5.75 Å². The number of hydrogen-bond donors (Lipinski definition) is 1. The number of carboxylic acid groups (broad SMARTS) is 1. The van der Waals surface area contributed by atoms with E-state index in [1.165, 1.54) is 4.90 Å². The molecule has 0 spiro atoms. The predicted octanol–water partition coefficient (Wildman–Crippen LogP) is 2.98. The zero-order chi connectivity index (χ0) is 15.6. The van der Waals surface area contributed by atoms with Gasteiger partial charge in [-0.1, -0.05) is 13.8 Å². The van der Waals surface area contributed by atoms with Gasteiger partial charge < -0.3 is 9.84 Å². The van der Waals surface area contributed by atoms with Crippen molar-refractivity contribution >= 4 is 23.8 Å². The highest BCUT2D eigenvalue weighted by Gasteiger charge is 2.54. The average molecular weight is 303 g/mol. The number of hydrogen-bond acceptors (Lipinski definition) is 4. The monoisotopic (exact) mass is 303 g/mol. The van der Waals surface area contributed by atoms with E-state index in [2.05, 4.69) is 0 Å². The van der Waals surface area contributed by atoms with Gasteiger partial charge in [-0.25, -0.2) is 9.59 Å². The van der Waals surface area contributed by atoms with Gasteiger partial charge in [0.2, 0.25) is 0 Å². The van der Waals surface area contributed by atoms with E-state index in [1.807, 2.05) is 13.8 Å². The number of amides is 1.